The van der Waals surface area contributed by atoms with Crippen LogP contribution >= 0.6 is 23.2 Å². The molecule has 0 aliphatic heterocycles. The maximum Gasteiger partial charge on any atom is 0.435 e. The Balaban J connectivity index is 2.25. The van der Waals surface area contributed by atoms with Crippen LogP contribution in [0, 0.1) is 6.92 Å². The third kappa shape index (κ3) is 3.30. The van der Waals surface area contributed by atoms with Gasteiger partial charge in [-0.25, -0.2) is 15.0 Å². The quantitative estimate of drug-likeness (QED) is 0.521. The van der Waals surface area contributed by atoms with Gasteiger partial charge in [0.05, 0.1) is 21.2 Å². The predicted octanol–water partition coefficient (Wildman–Crippen LogP) is 5.67. The average Bonchev–Trinajstić information content (AvgIpc) is 2.86. The van der Waals surface area contributed by atoms with Crippen molar-refractivity contribution < 1.29 is 26.3 Å². The number of hydrogen-bond donors (Lipinski definition) is 1. The monoisotopic (exact) mass is 414 g/mol. The van der Waals surface area contributed by atoms with E-state index in [9.17, 15) is 26.3 Å². The summed E-state index contributed by atoms with van der Waals surface area (Å²) in [6.45, 7) is 1.25. The first-order chi connectivity index (χ1) is 11.9. The lowest BCUT2D eigenvalue weighted by molar-refractivity contribution is -0.140. The van der Waals surface area contributed by atoms with E-state index in [4.69, 9.17) is 23.2 Å². The number of rotatable bonds is 1. The van der Waals surface area contributed by atoms with Gasteiger partial charge in [0.15, 0.2) is 11.3 Å². The molecule has 0 unspecified atom stereocenters. The summed E-state index contributed by atoms with van der Waals surface area (Å²) in [5.41, 5.74) is -3.36. The summed E-state index contributed by atoms with van der Waals surface area (Å²) in [7, 11) is 0. The maximum absolute atomic E-state index is 13.1. The van der Waals surface area contributed by atoms with E-state index >= 15 is 0 Å². The van der Waals surface area contributed by atoms with Crippen molar-refractivity contribution in [2.45, 2.75) is 19.3 Å². The molecule has 2 heterocycles. The summed E-state index contributed by atoms with van der Waals surface area (Å²) in [6, 6.07) is 1.22. The smallest absolute Gasteiger partial charge is 0.335 e. The molecule has 0 bridgehead atoms. The number of H-pyrrole nitrogens is 1. The van der Waals surface area contributed by atoms with Crippen LogP contribution in [0.4, 0.5) is 26.3 Å². The van der Waals surface area contributed by atoms with Gasteiger partial charge < -0.3 is 4.98 Å². The van der Waals surface area contributed by atoms with Crippen LogP contribution in [-0.2, 0) is 12.4 Å². The highest BCUT2D eigenvalue weighted by Crippen LogP contribution is 2.41. The van der Waals surface area contributed by atoms with Crippen LogP contribution in [0.25, 0.3) is 22.6 Å². The van der Waals surface area contributed by atoms with Crippen LogP contribution in [0.2, 0.25) is 10.0 Å². The number of benzene rings is 1. The zero-order valence-corrected chi connectivity index (χ0v) is 14.0. The molecule has 12 heteroatoms. The van der Waals surface area contributed by atoms with E-state index in [1.165, 1.54) is 6.92 Å². The Morgan fingerprint density at radius 3 is 1.96 bits per heavy atom. The Morgan fingerprint density at radius 1 is 0.885 bits per heavy atom. The number of alkyl halides is 6. The Bertz CT molecular complexity index is 986. The van der Waals surface area contributed by atoms with Crippen LogP contribution in [0.15, 0.2) is 12.1 Å². The van der Waals surface area contributed by atoms with Crippen molar-refractivity contribution in [2.75, 3.05) is 0 Å². The molecule has 3 aromatic rings. The summed E-state index contributed by atoms with van der Waals surface area (Å²) < 4.78 is 77.8. The van der Waals surface area contributed by atoms with Gasteiger partial charge in [-0.3, -0.25) is 0 Å². The molecule has 0 saturated carbocycles. The van der Waals surface area contributed by atoms with Gasteiger partial charge in [-0.1, -0.05) is 23.2 Å². The predicted molar refractivity (Wildman–Crippen MR) is 81.9 cm³/mol. The lowest BCUT2D eigenvalue weighted by atomic mass is 10.1. The number of halogens is 8. The molecule has 0 atom stereocenters. The first-order valence-electron chi connectivity index (χ1n) is 6.76. The zero-order valence-electron chi connectivity index (χ0n) is 12.5. The van der Waals surface area contributed by atoms with E-state index in [-0.39, 0.29) is 22.9 Å². The largest absolute Gasteiger partial charge is 0.435 e. The second-order valence-corrected chi connectivity index (χ2v) is 6.03. The van der Waals surface area contributed by atoms with Gasteiger partial charge in [0.25, 0.3) is 0 Å². The molecule has 0 fully saturated rings. The second-order valence-electron chi connectivity index (χ2n) is 5.21. The topological polar surface area (TPSA) is 54.5 Å². The number of aromatic amines is 1. The SMILES string of the molecule is Cc1nc(C(F)(F)F)c2[nH]c(-c3c(Cl)cc(C(F)(F)F)cc3Cl)nc2n1. The highest BCUT2D eigenvalue weighted by atomic mass is 35.5. The number of fused-ring (bicyclic) bond motifs is 1. The Labute approximate surface area is 151 Å². The number of nitrogens with zero attached hydrogens (tertiary/aromatic N) is 3. The average molecular weight is 415 g/mol. The van der Waals surface area contributed by atoms with Crippen molar-refractivity contribution in [1.82, 2.24) is 19.9 Å². The molecule has 1 aromatic carbocycles. The molecular weight excluding hydrogens is 409 g/mol. The molecular formula is C14H6Cl2F6N4. The summed E-state index contributed by atoms with van der Waals surface area (Å²) in [5, 5.41) is -0.857. The molecule has 0 saturated heterocycles. The summed E-state index contributed by atoms with van der Waals surface area (Å²) in [5.74, 6) is -0.429. The van der Waals surface area contributed by atoms with Crippen LogP contribution in [0.3, 0.4) is 0 Å². The third-order valence-corrected chi connectivity index (χ3v) is 3.93. The zero-order chi connectivity index (χ0) is 19.4. The van der Waals surface area contributed by atoms with Gasteiger partial charge in [0.1, 0.15) is 17.2 Å². The van der Waals surface area contributed by atoms with Gasteiger partial charge in [-0.05, 0) is 19.1 Å². The van der Waals surface area contributed by atoms with Crippen LogP contribution in [0.5, 0.6) is 0 Å². The molecule has 0 aliphatic carbocycles. The Kier molecular flexibility index (Phi) is 4.31. The number of imidazole rings is 1. The second kappa shape index (κ2) is 5.98. The number of hydrogen-bond acceptors (Lipinski definition) is 3. The van der Waals surface area contributed by atoms with Crippen molar-refractivity contribution >= 4 is 34.4 Å². The molecule has 2 aromatic heterocycles. The molecule has 0 radical (unpaired) electrons. The van der Waals surface area contributed by atoms with Crippen molar-refractivity contribution in [3.05, 3.63) is 39.3 Å². The highest BCUT2D eigenvalue weighted by Gasteiger charge is 2.37. The summed E-state index contributed by atoms with van der Waals surface area (Å²) in [6.07, 6.45) is -9.48. The number of aromatic nitrogens is 4. The fourth-order valence-corrected chi connectivity index (χ4v) is 2.96. The van der Waals surface area contributed by atoms with Gasteiger partial charge >= 0.3 is 12.4 Å². The summed E-state index contributed by atoms with van der Waals surface area (Å²) >= 11 is 11.7. The van der Waals surface area contributed by atoms with E-state index in [0.717, 1.165) is 0 Å². The van der Waals surface area contributed by atoms with Gasteiger partial charge in [-0.15, -0.1) is 0 Å². The van der Waals surface area contributed by atoms with Gasteiger partial charge in [0.2, 0.25) is 0 Å². The van der Waals surface area contributed by atoms with E-state index in [1.807, 2.05) is 0 Å². The first-order valence-corrected chi connectivity index (χ1v) is 7.51. The first kappa shape index (κ1) is 18.7. The maximum atomic E-state index is 13.1. The standard InChI is InChI=1S/C14H6Cl2F6N4/c1-4-23-10(14(20,21)22)9-12(24-4)26-11(25-9)8-6(15)2-5(3-7(8)16)13(17,18)19/h2-3H,1H3,(H,23,24,25,26). The highest BCUT2D eigenvalue weighted by molar-refractivity contribution is 6.39. The van der Waals surface area contributed by atoms with Crippen LogP contribution < -0.4 is 0 Å². The molecule has 26 heavy (non-hydrogen) atoms. The fourth-order valence-electron chi connectivity index (χ4n) is 2.29. The number of nitrogens with one attached hydrogen (secondary N) is 1. The molecule has 0 spiro atoms. The third-order valence-electron chi connectivity index (χ3n) is 3.34. The minimum atomic E-state index is -4.79. The molecule has 0 aliphatic rings. The van der Waals surface area contributed by atoms with Crippen molar-refractivity contribution in [1.29, 1.82) is 0 Å². The lowest BCUT2D eigenvalue weighted by Crippen LogP contribution is -2.10. The minimum absolute atomic E-state index is 0.174. The van der Waals surface area contributed by atoms with E-state index < -0.39 is 39.2 Å². The van der Waals surface area contributed by atoms with E-state index in [2.05, 4.69) is 19.9 Å². The molecule has 1 N–H and O–H groups in total. The van der Waals surface area contributed by atoms with Gasteiger partial charge in [-0.2, -0.15) is 26.3 Å². The van der Waals surface area contributed by atoms with E-state index in [1.54, 1.807) is 0 Å². The molecule has 0 amide bonds. The Hall–Kier alpha value is -2.07. The molecule has 138 valence electrons. The lowest BCUT2D eigenvalue weighted by Gasteiger charge is -2.10. The van der Waals surface area contributed by atoms with Crippen molar-refractivity contribution in [3.8, 4) is 11.4 Å². The van der Waals surface area contributed by atoms with Crippen molar-refractivity contribution in [2.24, 2.45) is 0 Å². The van der Waals surface area contributed by atoms with Crippen LogP contribution in [0.1, 0.15) is 17.1 Å². The molecule has 3 rings (SSSR count). The summed E-state index contributed by atoms with van der Waals surface area (Å²) in [4.78, 5) is 13.4. The van der Waals surface area contributed by atoms with Crippen LogP contribution in [-0.4, -0.2) is 19.9 Å². The fraction of sp³-hybridized carbons (Fsp3) is 0.214. The number of aryl methyl sites for hydroxylation is 1. The normalized spacial score (nSPS) is 12.8. The van der Waals surface area contributed by atoms with Gasteiger partial charge in [0, 0.05) is 0 Å². The minimum Gasteiger partial charge on any atom is -0.335 e. The van der Waals surface area contributed by atoms with E-state index in [0.29, 0.717) is 12.1 Å². The van der Waals surface area contributed by atoms with Crippen molar-refractivity contribution in [3.63, 3.8) is 0 Å². The Morgan fingerprint density at radius 2 is 1.46 bits per heavy atom. The molecule has 4 nitrogen and oxygen atoms in total.